The van der Waals surface area contributed by atoms with Crippen LogP contribution in [0.1, 0.15) is 44.9 Å². The molecule has 2 rings (SSSR count). The van der Waals surface area contributed by atoms with Gasteiger partial charge in [0.05, 0.1) is 5.41 Å². The van der Waals surface area contributed by atoms with Crippen molar-refractivity contribution in [3.8, 4) is 0 Å². The van der Waals surface area contributed by atoms with Crippen molar-refractivity contribution in [2.75, 3.05) is 13.6 Å². The average molecular weight is 210 g/mol. The third kappa shape index (κ3) is 1.78. The summed E-state index contributed by atoms with van der Waals surface area (Å²) < 4.78 is 0. The molecule has 0 bridgehead atoms. The van der Waals surface area contributed by atoms with E-state index in [1.165, 1.54) is 32.1 Å². The highest BCUT2D eigenvalue weighted by Gasteiger charge is 2.45. The normalized spacial score (nSPS) is 24.9. The molecule has 0 aromatic carbocycles. The number of hydrogen-bond donors (Lipinski definition) is 1. The molecule has 0 atom stereocenters. The van der Waals surface area contributed by atoms with Crippen LogP contribution < -0.4 is 5.73 Å². The van der Waals surface area contributed by atoms with Crippen LogP contribution in [0, 0.1) is 5.41 Å². The summed E-state index contributed by atoms with van der Waals surface area (Å²) in [7, 11) is 1.97. The fourth-order valence-electron chi connectivity index (χ4n) is 2.94. The second-order valence-electron chi connectivity index (χ2n) is 5.19. The summed E-state index contributed by atoms with van der Waals surface area (Å²) in [6.07, 6.45) is 8.09. The van der Waals surface area contributed by atoms with E-state index in [2.05, 4.69) is 0 Å². The van der Waals surface area contributed by atoms with Gasteiger partial charge in [-0.1, -0.05) is 19.3 Å². The first kappa shape index (κ1) is 10.9. The van der Waals surface area contributed by atoms with Crippen LogP contribution in [0.4, 0.5) is 0 Å². The summed E-state index contributed by atoms with van der Waals surface area (Å²) >= 11 is 0. The molecule has 2 fully saturated rings. The maximum atomic E-state index is 12.3. The molecule has 0 unspecified atom stereocenters. The van der Waals surface area contributed by atoms with Gasteiger partial charge in [0, 0.05) is 19.6 Å². The van der Waals surface area contributed by atoms with E-state index in [1.807, 2.05) is 11.9 Å². The number of hydrogen-bond acceptors (Lipinski definition) is 2. The molecule has 0 spiro atoms. The Kier molecular flexibility index (Phi) is 3.01. The quantitative estimate of drug-likeness (QED) is 0.767. The summed E-state index contributed by atoms with van der Waals surface area (Å²) in [4.78, 5) is 14.3. The molecule has 2 N–H and O–H groups in total. The molecule has 15 heavy (non-hydrogen) atoms. The van der Waals surface area contributed by atoms with Crippen molar-refractivity contribution >= 4 is 5.91 Å². The number of rotatable bonds is 3. The van der Waals surface area contributed by atoms with Crippen LogP contribution in [0.25, 0.3) is 0 Å². The van der Waals surface area contributed by atoms with Crippen LogP contribution in [0.3, 0.4) is 0 Å². The molecule has 0 heterocycles. The zero-order valence-electron chi connectivity index (χ0n) is 9.67. The molecule has 3 heteroatoms. The molecule has 0 radical (unpaired) electrons. The van der Waals surface area contributed by atoms with E-state index in [9.17, 15) is 4.79 Å². The van der Waals surface area contributed by atoms with Crippen molar-refractivity contribution in [2.45, 2.75) is 51.0 Å². The van der Waals surface area contributed by atoms with Gasteiger partial charge in [0.1, 0.15) is 0 Å². The zero-order chi connectivity index (χ0) is 10.9. The van der Waals surface area contributed by atoms with Crippen molar-refractivity contribution in [1.29, 1.82) is 0 Å². The van der Waals surface area contributed by atoms with Gasteiger partial charge in [0.25, 0.3) is 0 Å². The van der Waals surface area contributed by atoms with Gasteiger partial charge in [0.2, 0.25) is 5.91 Å². The highest BCUT2D eigenvalue weighted by atomic mass is 16.2. The third-order valence-electron chi connectivity index (χ3n) is 4.35. The minimum Gasteiger partial charge on any atom is -0.342 e. The van der Waals surface area contributed by atoms with Crippen LogP contribution >= 0.6 is 0 Å². The van der Waals surface area contributed by atoms with Crippen LogP contribution in [-0.4, -0.2) is 30.4 Å². The van der Waals surface area contributed by atoms with Crippen molar-refractivity contribution in [1.82, 2.24) is 4.90 Å². The van der Waals surface area contributed by atoms with E-state index in [4.69, 9.17) is 5.73 Å². The molecule has 2 aliphatic carbocycles. The minimum absolute atomic E-state index is 0.183. The van der Waals surface area contributed by atoms with E-state index in [1.54, 1.807) is 0 Å². The Hall–Kier alpha value is -0.570. The Bertz CT molecular complexity index is 236. The topological polar surface area (TPSA) is 46.3 Å². The summed E-state index contributed by atoms with van der Waals surface area (Å²) in [5, 5.41) is 0. The lowest BCUT2D eigenvalue weighted by Crippen LogP contribution is -2.53. The van der Waals surface area contributed by atoms with Crippen molar-refractivity contribution in [3.63, 3.8) is 0 Å². The fourth-order valence-corrected chi connectivity index (χ4v) is 2.94. The first-order chi connectivity index (χ1) is 7.19. The Morgan fingerprint density at radius 1 is 1.33 bits per heavy atom. The van der Waals surface area contributed by atoms with E-state index >= 15 is 0 Å². The van der Waals surface area contributed by atoms with Gasteiger partial charge in [-0.25, -0.2) is 0 Å². The molecule has 1 amide bonds. The van der Waals surface area contributed by atoms with Gasteiger partial charge in [-0.3, -0.25) is 4.79 Å². The van der Waals surface area contributed by atoms with Crippen molar-refractivity contribution < 1.29 is 4.79 Å². The van der Waals surface area contributed by atoms with E-state index < -0.39 is 0 Å². The fraction of sp³-hybridized carbons (Fsp3) is 0.917. The largest absolute Gasteiger partial charge is 0.342 e. The van der Waals surface area contributed by atoms with Gasteiger partial charge >= 0.3 is 0 Å². The molecule has 2 aliphatic rings. The zero-order valence-corrected chi connectivity index (χ0v) is 9.67. The molecule has 2 saturated carbocycles. The van der Waals surface area contributed by atoms with Crippen LogP contribution in [0.5, 0.6) is 0 Å². The third-order valence-corrected chi connectivity index (χ3v) is 4.35. The van der Waals surface area contributed by atoms with Crippen LogP contribution in [-0.2, 0) is 4.79 Å². The molecule has 3 nitrogen and oxygen atoms in total. The molecular weight excluding hydrogens is 188 g/mol. The Balaban J connectivity index is 1.99. The second kappa shape index (κ2) is 4.12. The second-order valence-corrected chi connectivity index (χ2v) is 5.19. The molecular formula is C12H22N2O. The molecule has 0 saturated heterocycles. The maximum absolute atomic E-state index is 12.3. The van der Waals surface area contributed by atoms with Gasteiger partial charge in [-0.05, 0) is 25.7 Å². The Morgan fingerprint density at radius 2 is 1.93 bits per heavy atom. The van der Waals surface area contributed by atoms with Crippen LogP contribution in [0.2, 0.25) is 0 Å². The van der Waals surface area contributed by atoms with E-state index in [0.29, 0.717) is 18.5 Å². The van der Waals surface area contributed by atoms with Gasteiger partial charge in [0.15, 0.2) is 0 Å². The Labute approximate surface area is 92.0 Å². The highest BCUT2D eigenvalue weighted by Crippen LogP contribution is 2.42. The van der Waals surface area contributed by atoms with Gasteiger partial charge < -0.3 is 10.6 Å². The summed E-state index contributed by atoms with van der Waals surface area (Å²) in [6.45, 7) is 0.531. The lowest BCUT2D eigenvalue weighted by atomic mass is 9.67. The first-order valence-electron chi connectivity index (χ1n) is 6.17. The number of nitrogens with two attached hydrogens (primary N) is 1. The van der Waals surface area contributed by atoms with Gasteiger partial charge in [-0.15, -0.1) is 0 Å². The van der Waals surface area contributed by atoms with E-state index in [-0.39, 0.29) is 5.41 Å². The predicted molar refractivity (Wildman–Crippen MR) is 60.4 cm³/mol. The summed E-state index contributed by atoms with van der Waals surface area (Å²) in [5.74, 6) is 0.308. The van der Waals surface area contributed by atoms with Crippen molar-refractivity contribution in [3.05, 3.63) is 0 Å². The SMILES string of the molecule is CN(C(=O)C1(CN)CCC1)C1CCCC1. The predicted octanol–water partition coefficient (Wildman–Crippen LogP) is 1.52. The lowest BCUT2D eigenvalue weighted by Gasteiger charge is -2.43. The monoisotopic (exact) mass is 210 g/mol. The number of amides is 1. The van der Waals surface area contributed by atoms with Crippen LogP contribution in [0.15, 0.2) is 0 Å². The molecule has 0 aliphatic heterocycles. The van der Waals surface area contributed by atoms with Crippen molar-refractivity contribution in [2.24, 2.45) is 11.1 Å². The number of carbonyl (C=O) groups is 1. The summed E-state index contributed by atoms with van der Waals surface area (Å²) in [6, 6.07) is 0.488. The Morgan fingerprint density at radius 3 is 2.33 bits per heavy atom. The number of carbonyl (C=O) groups excluding carboxylic acids is 1. The van der Waals surface area contributed by atoms with Gasteiger partial charge in [-0.2, -0.15) is 0 Å². The average Bonchev–Trinajstić information content (AvgIpc) is 2.68. The molecule has 0 aromatic rings. The maximum Gasteiger partial charge on any atom is 0.230 e. The molecule has 0 aromatic heterocycles. The standard InChI is InChI=1S/C12H22N2O/c1-14(10-5-2-3-6-10)11(15)12(9-13)7-4-8-12/h10H,2-9,13H2,1H3. The number of nitrogens with zero attached hydrogens (tertiary/aromatic N) is 1. The highest BCUT2D eigenvalue weighted by molar-refractivity contribution is 5.84. The first-order valence-corrected chi connectivity index (χ1v) is 6.17. The summed E-state index contributed by atoms with van der Waals surface area (Å²) in [5.41, 5.74) is 5.58. The smallest absolute Gasteiger partial charge is 0.230 e. The molecule has 86 valence electrons. The van der Waals surface area contributed by atoms with E-state index in [0.717, 1.165) is 12.8 Å². The lowest BCUT2D eigenvalue weighted by molar-refractivity contribution is -0.147. The minimum atomic E-state index is -0.183.